The molecule has 0 aliphatic carbocycles. The van der Waals surface area contributed by atoms with Crippen molar-refractivity contribution in [2.75, 3.05) is 0 Å². The summed E-state index contributed by atoms with van der Waals surface area (Å²) < 4.78 is 52.1. The minimum atomic E-state index is -4.05. The number of carbonyl (C=O) groups excluding carboxylic acids is 1. The number of hydrogen-bond donors (Lipinski definition) is 1. The Morgan fingerprint density at radius 3 is 2.16 bits per heavy atom. The Kier molecular flexibility index (Phi) is 4.00. The summed E-state index contributed by atoms with van der Waals surface area (Å²) in [5.41, 5.74) is 1.33. The van der Waals surface area contributed by atoms with Crippen LogP contribution < -0.4 is 4.72 Å². The highest BCUT2D eigenvalue weighted by Crippen LogP contribution is 2.34. The normalized spacial score (nSPS) is 15.9. The van der Waals surface area contributed by atoms with E-state index in [1.807, 2.05) is 11.6 Å². The molecule has 1 amide bonds. The van der Waals surface area contributed by atoms with Gasteiger partial charge in [-0.15, -0.1) is 0 Å². The molecule has 0 spiro atoms. The van der Waals surface area contributed by atoms with E-state index in [4.69, 9.17) is 0 Å². The molecule has 2 aromatic carbocycles. The summed E-state index contributed by atoms with van der Waals surface area (Å²) in [5, 5.41) is 0. The van der Waals surface area contributed by atoms with Crippen molar-refractivity contribution in [1.82, 2.24) is 4.72 Å². The third-order valence-corrected chi connectivity index (χ3v) is 7.22. The Hall–Kier alpha value is -2.19. The van der Waals surface area contributed by atoms with Crippen molar-refractivity contribution >= 4 is 25.8 Å². The first-order chi connectivity index (χ1) is 11.5. The number of aryl methyl sites for hydroxylation is 1. The molecule has 0 radical (unpaired) electrons. The van der Waals surface area contributed by atoms with Crippen molar-refractivity contribution in [2.45, 2.75) is 41.4 Å². The van der Waals surface area contributed by atoms with Crippen LogP contribution in [0.4, 0.5) is 0 Å². The van der Waals surface area contributed by atoms with E-state index >= 15 is 0 Å². The largest absolute Gasteiger partial charge is 0.268 e. The molecule has 2 aromatic rings. The Bertz CT molecular complexity index is 1080. The first-order valence-corrected chi connectivity index (χ1v) is 10.6. The predicted octanol–water partition coefficient (Wildman–Crippen LogP) is 2.38. The fourth-order valence-corrected chi connectivity index (χ4v) is 5.37. The third kappa shape index (κ3) is 2.85. The van der Waals surface area contributed by atoms with Crippen LogP contribution in [0.1, 0.15) is 41.3 Å². The summed E-state index contributed by atoms with van der Waals surface area (Å²) in [4.78, 5) is 11.7. The number of rotatable bonds is 3. The zero-order chi connectivity index (χ0) is 18.6. The van der Waals surface area contributed by atoms with E-state index in [9.17, 15) is 21.6 Å². The van der Waals surface area contributed by atoms with Gasteiger partial charge in [-0.1, -0.05) is 31.5 Å². The molecule has 3 rings (SSSR count). The molecule has 0 atom stereocenters. The number of nitrogens with one attached hydrogen (secondary N) is 1. The zero-order valence-corrected chi connectivity index (χ0v) is 15.5. The summed E-state index contributed by atoms with van der Waals surface area (Å²) in [6.07, 6.45) is 0. The van der Waals surface area contributed by atoms with Crippen LogP contribution >= 0.6 is 0 Å². The second-order valence-corrected chi connectivity index (χ2v) is 9.89. The first kappa shape index (κ1) is 17.6. The van der Waals surface area contributed by atoms with E-state index < -0.39 is 25.8 Å². The van der Waals surface area contributed by atoms with Crippen molar-refractivity contribution < 1.29 is 21.6 Å². The standard InChI is InChI=1S/C17H17NO5S2/c1-10(2)14-8-13(9-15-16(14)17(19)18-25(15,22)23)24(20,21)12-6-4-11(3)5-7-12/h4-10H,1-3H3,(H,18,19). The molecule has 1 heterocycles. The lowest BCUT2D eigenvalue weighted by atomic mass is 9.97. The van der Waals surface area contributed by atoms with E-state index in [0.29, 0.717) is 5.56 Å². The van der Waals surface area contributed by atoms with E-state index in [1.54, 1.807) is 26.0 Å². The lowest BCUT2D eigenvalue weighted by molar-refractivity contribution is 0.0983. The number of amides is 1. The molecule has 0 unspecified atom stereocenters. The van der Waals surface area contributed by atoms with E-state index in [2.05, 4.69) is 0 Å². The molecule has 6 nitrogen and oxygen atoms in total. The number of carbonyl (C=O) groups is 1. The lowest BCUT2D eigenvalue weighted by Gasteiger charge is -2.13. The molecular weight excluding hydrogens is 362 g/mol. The molecular formula is C17H17NO5S2. The van der Waals surface area contributed by atoms with Crippen LogP contribution in [0.3, 0.4) is 0 Å². The zero-order valence-electron chi connectivity index (χ0n) is 13.9. The second-order valence-electron chi connectivity index (χ2n) is 6.29. The smallest absolute Gasteiger partial charge is 0.266 e. The summed E-state index contributed by atoms with van der Waals surface area (Å²) in [5.74, 6) is -0.945. The maximum Gasteiger partial charge on any atom is 0.266 e. The van der Waals surface area contributed by atoms with Gasteiger partial charge in [-0.05, 0) is 42.7 Å². The summed E-state index contributed by atoms with van der Waals surface area (Å²) in [7, 11) is -7.95. The van der Waals surface area contributed by atoms with Crippen LogP contribution in [0.25, 0.3) is 0 Å². The highest BCUT2D eigenvalue weighted by molar-refractivity contribution is 7.92. The maximum atomic E-state index is 12.9. The Morgan fingerprint density at radius 1 is 1.00 bits per heavy atom. The summed E-state index contributed by atoms with van der Waals surface area (Å²) >= 11 is 0. The lowest BCUT2D eigenvalue weighted by Crippen LogP contribution is -2.21. The highest BCUT2D eigenvalue weighted by Gasteiger charge is 2.37. The van der Waals surface area contributed by atoms with Gasteiger partial charge in [0.2, 0.25) is 9.84 Å². The van der Waals surface area contributed by atoms with Gasteiger partial charge < -0.3 is 0 Å². The van der Waals surface area contributed by atoms with E-state index in [1.165, 1.54) is 18.2 Å². The molecule has 0 saturated heterocycles. The number of sulfonamides is 1. The molecule has 0 fully saturated rings. The Balaban J connectivity index is 2.31. The number of benzene rings is 2. The van der Waals surface area contributed by atoms with E-state index in [-0.39, 0.29) is 26.2 Å². The Morgan fingerprint density at radius 2 is 1.60 bits per heavy atom. The van der Waals surface area contributed by atoms with Gasteiger partial charge in [0, 0.05) is 0 Å². The quantitative estimate of drug-likeness (QED) is 0.883. The maximum absolute atomic E-state index is 12.9. The molecule has 132 valence electrons. The minimum Gasteiger partial charge on any atom is -0.268 e. The number of hydrogen-bond acceptors (Lipinski definition) is 5. The average Bonchev–Trinajstić information content (AvgIpc) is 2.76. The molecule has 0 aromatic heterocycles. The number of fused-ring (bicyclic) bond motifs is 1. The Labute approximate surface area is 146 Å². The molecule has 1 aliphatic rings. The molecule has 25 heavy (non-hydrogen) atoms. The fraction of sp³-hybridized carbons (Fsp3) is 0.235. The van der Waals surface area contributed by atoms with Crippen molar-refractivity contribution in [3.8, 4) is 0 Å². The van der Waals surface area contributed by atoms with Gasteiger partial charge in [0.1, 0.15) is 4.90 Å². The van der Waals surface area contributed by atoms with Crippen LogP contribution in [0.15, 0.2) is 51.1 Å². The van der Waals surface area contributed by atoms with Crippen LogP contribution in [-0.4, -0.2) is 22.7 Å². The van der Waals surface area contributed by atoms with Gasteiger partial charge in [0.05, 0.1) is 15.4 Å². The van der Waals surface area contributed by atoms with Gasteiger partial charge in [-0.25, -0.2) is 21.6 Å². The topological polar surface area (TPSA) is 97.4 Å². The number of sulfone groups is 1. The van der Waals surface area contributed by atoms with Gasteiger partial charge in [0.25, 0.3) is 15.9 Å². The van der Waals surface area contributed by atoms with Crippen molar-refractivity contribution in [1.29, 1.82) is 0 Å². The SMILES string of the molecule is Cc1ccc(S(=O)(=O)c2cc(C(C)C)c3c(c2)S(=O)(=O)NC3=O)cc1. The van der Waals surface area contributed by atoms with Gasteiger partial charge in [-0.3, -0.25) is 4.79 Å². The van der Waals surface area contributed by atoms with Crippen molar-refractivity contribution in [3.05, 3.63) is 53.1 Å². The van der Waals surface area contributed by atoms with Crippen molar-refractivity contribution in [2.24, 2.45) is 0 Å². The average molecular weight is 379 g/mol. The molecule has 1 N–H and O–H groups in total. The predicted molar refractivity (Wildman–Crippen MR) is 91.8 cm³/mol. The highest BCUT2D eigenvalue weighted by atomic mass is 32.2. The second kappa shape index (κ2) is 5.67. The fourth-order valence-electron chi connectivity index (χ4n) is 2.76. The van der Waals surface area contributed by atoms with Crippen LogP contribution in [0.5, 0.6) is 0 Å². The van der Waals surface area contributed by atoms with E-state index in [0.717, 1.165) is 11.6 Å². The van der Waals surface area contributed by atoms with Crippen LogP contribution in [-0.2, 0) is 19.9 Å². The monoisotopic (exact) mass is 379 g/mol. The molecule has 1 aliphatic heterocycles. The minimum absolute atomic E-state index is 0.0258. The summed E-state index contributed by atoms with van der Waals surface area (Å²) in [6.45, 7) is 5.39. The van der Waals surface area contributed by atoms with Gasteiger partial charge in [0.15, 0.2) is 0 Å². The first-order valence-electron chi connectivity index (χ1n) is 7.61. The van der Waals surface area contributed by atoms with Gasteiger partial charge >= 0.3 is 0 Å². The molecule has 8 heteroatoms. The van der Waals surface area contributed by atoms with Crippen LogP contribution in [0, 0.1) is 6.92 Å². The molecule has 0 saturated carbocycles. The third-order valence-electron chi connectivity index (χ3n) is 4.11. The summed E-state index contributed by atoms with van der Waals surface area (Å²) in [6, 6.07) is 8.75. The van der Waals surface area contributed by atoms with Crippen molar-refractivity contribution in [3.63, 3.8) is 0 Å². The molecule has 0 bridgehead atoms. The van der Waals surface area contributed by atoms with Crippen LogP contribution in [0.2, 0.25) is 0 Å². The van der Waals surface area contributed by atoms with Gasteiger partial charge in [-0.2, -0.15) is 0 Å².